The molecule has 0 bridgehead atoms. The monoisotopic (exact) mass is 377 g/mol. The molecule has 27 heavy (non-hydrogen) atoms. The van der Waals surface area contributed by atoms with Gasteiger partial charge in [0.05, 0.1) is 13.2 Å². The summed E-state index contributed by atoms with van der Waals surface area (Å²) in [5.41, 5.74) is 0.386. The number of nitrogens with one attached hydrogen (secondary N) is 1. The molecule has 2 amide bonds. The molecule has 1 atom stereocenters. The van der Waals surface area contributed by atoms with Crippen LogP contribution in [0.5, 0.6) is 0 Å². The SMILES string of the molecule is CN1CCN(C(=O)C(COCc2ccccc2)NC(=O)OC(C)(C)C)CC1. The summed E-state index contributed by atoms with van der Waals surface area (Å²) in [4.78, 5) is 29.0. The number of hydrogen-bond acceptors (Lipinski definition) is 5. The maximum absolute atomic E-state index is 12.9. The average molecular weight is 377 g/mol. The minimum Gasteiger partial charge on any atom is -0.444 e. The molecule has 2 rings (SSSR count). The maximum Gasteiger partial charge on any atom is 0.408 e. The first kappa shape index (κ1) is 21.2. The lowest BCUT2D eigenvalue weighted by atomic mass is 10.2. The van der Waals surface area contributed by atoms with Gasteiger partial charge in [-0.3, -0.25) is 4.79 Å². The van der Waals surface area contributed by atoms with Crippen molar-refractivity contribution in [2.24, 2.45) is 0 Å². The fraction of sp³-hybridized carbons (Fsp3) is 0.600. The molecule has 150 valence electrons. The van der Waals surface area contributed by atoms with Crippen molar-refractivity contribution in [3.05, 3.63) is 35.9 Å². The number of likely N-dealkylation sites (N-methyl/N-ethyl adjacent to an activating group) is 1. The Labute approximate surface area is 161 Å². The number of benzene rings is 1. The second kappa shape index (κ2) is 9.71. The van der Waals surface area contributed by atoms with Crippen LogP contribution in [0.2, 0.25) is 0 Å². The van der Waals surface area contributed by atoms with Crippen LogP contribution in [0.15, 0.2) is 30.3 Å². The molecule has 0 radical (unpaired) electrons. The van der Waals surface area contributed by atoms with E-state index in [-0.39, 0.29) is 12.5 Å². The van der Waals surface area contributed by atoms with Gasteiger partial charge in [-0.2, -0.15) is 0 Å². The fourth-order valence-corrected chi connectivity index (χ4v) is 2.74. The zero-order chi connectivity index (χ0) is 19.9. The van der Waals surface area contributed by atoms with Gasteiger partial charge in [-0.05, 0) is 33.4 Å². The third-order valence-electron chi connectivity index (χ3n) is 4.20. The van der Waals surface area contributed by atoms with E-state index in [1.54, 1.807) is 25.7 Å². The molecule has 0 saturated carbocycles. The highest BCUT2D eigenvalue weighted by atomic mass is 16.6. The van der Waals surface area contributed by atoms with Gasteiger partial charge in [-0.15, -0.1) is 0 Å². The molecule has 0 spiro atoms. The highest BCUT2D eigenvalue weighted by molar-refractivity contribution is 5.86. The number of amides is 2. The zero-order valence-corrected chi connectivity index (χ0v) is 16.7. The van der Waals surface area contributed by atoms with Crippen molar-refractivity contribution in [2.75, 3.05) is 39.8 Å². The van der Waals surface area contributed by atoms with Crippen molar-refractivity contribution in [1.82, 2.24) is 15.1 Å². The summed E-state index contributed by atoms with van der Waals surface area (Å²) in [6, 6.07) is 8.95. The third kappa shape index (κ3) is 7.56. The van der Waals surface area contributed by atoms with Gasteiger partial charge in [0.25, 0.3) is 0 Å². The quantitative estimate of drug-likeness (QED) is 0.820. The molecule has 0 aromatic heterocycles. The van der Waals surface area contributed by atoms with Crippen LogP contribution in [0.3, 0.4) is 0 Å². The van der Waals surface area contributed by atoms with Crippen molar-refractivity contribution < 1.29 is 19.1 Å². The second-order valence-corrected chi connectivity index (χ2v) is 7.83. The van der Waals surface area contributed by atoms with Crippen molar-refractivity contribution in [1.29, 1.82) is 0 Å². The first-order valence-electron chi connectivity index (χ1n) is 9.33. The predicted octanol–water partition coefficient (Wildman–Crippen LogP) is 1.87. The molecule has 1 heterocycles. The van der Waals surface area contributed by atoms with Gasteiger partial charge < -0.3 is 24.6 Å². The van der Waals surface area contributed by atoms with Crippen LogP contribution >= 0.6 is 0 Å². The van der Waals surface area contributed by atoms with Gasteiger partial charge in [0.15, 0.2) is 0 Å². The molecule has 1 aliphatic rings. The highest BCUT2D eigenvalue weighted by Gasteiger charge is 2.29. The lowest BCUT2D eigenvalue weighted by Crippen LogP contribution is -2.56. The molecule has 1 aliphatic heterocycles. The first-order chi connectivity index (χ1) is 12.7. The topological polar surface area (TPSA) is 71.1 Å². The largest absolute Gasteiger partial charge is 0.444 e. The summed E-state index contributed by atoms with van der Waals surface area (Å²) in [5.74, 6) is -0.137. The Bertz CT molecular complexity index is 607. The van der Waals surface area contributed by atoms with Crippen molar-refractivity contribution in [2.45, 2.75) is 39.0 Å². The molecular weight excluding hydrogens is 346 g/mol. The average Bonchev–Trinajstić information content (AvgIpc) is 2.60. The smallest absolute Gasteiger partial charge is 0.408 e. The van der Waals surface area contributed by atoms with Gasteiger partial charge in [-0.25, -0.2) is 4.79 Å². The van der Waals surface area contributed by atoms with E-state index in [4.69, 9.17) is 9.47 Å². The fourth-order valence-electron chi connectivity index (χ4n) is 2.74. The van der Waals surface area contributed by atoms with Crippen LogP contribution in [-0.4, -0.2) is 73.3 Å². The van der Waals surface area contributed by atoms with Gasteiger partial charge in [0.2, 0.25) is 5.91 Å². The molecule has 0 aliphatic carbocycles. The summed E-state index contributed by atoms with van der Waals surface area (Å²) in [6.07, 6.45) is -0.613. The van der Waals surface area contributed by atoms with Crippen LogP contribution in [0.4, 0.5) is 4.79 Å². The van der Waals surface area contributed by atoms with Crippen LogP contribution in [0, 0.1) is 0 Å². The van der Waals surface area contributed by atoms with Crippen LogP contribution < -0.4 is 5.32 Å². The number of piperazine rings is 1. The Kier molecular flexibility index (Phi) is 7.62. The number of alkyl carbamates (subject to hydrolysis) is 1. The molecule has 1 unspecified atom stereocenters. The number of carbonyl (C=O) groups excluding carboxylic acids is 2. The van der Waals surface area contributed by atoms with E-state index >= 15 is 0 Å². The number of nitrogens with zero attached hydrogens (tertiary/aromatic N) is 2. The molecule has 7 nitrogen and oxygen atoms in total. The lowest BCUT2D eigenvalue weighted by Gasteiger charge is -2.34. The summed E-state index contributed by atoms with van der Waals surface area (Å²) >= 11 is 0. The van der Waals surface area contributed by atoms with E-state index in [1.165, 1.54) is 0 Å². The van der Waals surface area contributed by atoms with E-state index in [2.05, 4.69) is 10.2 Å². The summed E-state index contributed by atoms with van der Waals surface area (Å²) < 4.78 is 11.0. The summed E-state index contributed by atoms with van der Waals surface area (Å²) in [7, 11) is 2.03. The molecule has 1 N–H and O–H groups in total. The third-order valence-corrected chi connectivity index (χ3v) is 4.20. The normalized spacial score (nSPS) is 16.7. The Balaban J connectivity index is 1.96. The summed E-state index contributed by atoms with van der Waals surface area (Å²) in [5, 5.41) is 2.68. The highest BCUT2D eigenvalue weighted by Crippen LogP contribution is 2.09. The van der Waals surface area contributed by atoms with E-state index < -0.39 is 17.7 Å². The number of carbonyl (C=O) groups is 2. The molecule has 1 aromatic carbocycles. The Morgan fingerprint density at radius 3 is 2.33 bits per heavy atom. The second-order valence-electron chi connectivity index (χ2n) is 7.83. The predicted molar refractivity (Wildman–Crippen MR) is 103 cm³/mol. The van der Waals surface area contributed by atoms with Crippen LogP contribution in [0.25, 0.3) is 0 Å². The Morgan fingerprint density at radius 2 is 1.74 bits per heavy atom. The minimum atomic E-state index is -0.771. The zero-order valence-electron chi connectivity index (χ0n) is 16.7. The van der Waals surface area contributed by atoms with Gasteiger partial charge >= 0.3 is 6.09 Å². The van der Waals surface area contributed by atoms with Crippen LogP contribution in [-0.2, 0) is 20.9 Å². The molecule has 1 fully saturated rings. The van der Waals surface area contributed by atoms with E-state index in [1.807, 2.05) is 37.4 Å². The number of hydrogen-bond donors (Lipinski definition) is 1. The molecule has 7 heteroatoms. The number of ether oxygens (including phenoxy) is 2. The van der Waals surface area contributed by atoms with Gasteiger partial charge in [0, 0.05) is 26.2 Å². The van der Waals surface area contributed by atoms with E-state index in [0.717, 1.165) is 18.7 Å². The van der Waals surface area contributed by atoms with Crippen molar-refractivity contribution >= 4 is 12.0 Å². The number of rotatable bonds is 6. The lowest BCUT2D eigenvalue weighted by molar-refractivity contribution is -0.136. The molecular formula is C20H31N3O4. The standard InChI is InChI=1S/C20H31N3O4/c1-20(2,3)27-19(25)21-17(15-26-14-16-8-6-5-7-9-16)18(24)23-12-10-22(4)11-13-23/h5-9,17H,10-15H2,1-4H3,(H,21,25). The minimum absolute atomic E-state index is 0.0965. The van der Waals surface area contributed by atoms with Crippen LogP contribution in [0.1, 0.15) is 26.3 Å². The van der Waals surface area contributed by atoms with E-state index in [9.17, 15) is 9.59 Å². The molecule has 1 saturated heterocycles. The van der Waals surface area contributed by atoms with Gasteiger partial charge in [0.1, 0.15) is 11.6 Å². The van der Waals surface area contributed by atoms with Crippen molar-refractivity contribution in [3.63, 3.8) is 0 Å². The van der Waals surface area contributed by atoms with Gasteiger partial charge in [-0.1, -0.05) is 30.3 Å². The Hall–Kier alpha value is -2.12. The summed E-state index contributed by atoms with van der Waals surface area (Å²) in [6.45, 7) is 8.75. The van der Waals surface area contributed by atoms with Crippen molar-refractivity contribution in [3.8, 4) is 0 Å². The van der Waals surface area contributed by atoms with E-state index in [0.29, 0.717) is 19.7 Å². The first-order valence-corrected chi connectivity index (χ1v) is 9.33. The Morgan fingerprint density at radius 1 is 1.11 bits per heavy atom. The molecule has 1 aromatic rings. The maximum atomic E-state index is 12.9.